The van der Waals surface area contributed by atoms with Gasteiger partial charge in [0.25, 0.3) is 0 Å². The van der Waals surface area contributed by atoms with Crippen molar-refractivity contribution < 1.29 is 9.18 Å². The number of nitrogens with one attached hydrogen (secondary N) is 1. The summed E-state index contributed by atoms with van der Waals surface area (Å²) in [6.45, 7) is 2.55. The number of amides is 1. The minimum absolute atomic E-state index is 0.0166. The Bertz CT molecular complexity index is 613. The zero-order valence-electron chi connectivity index (χ0n) is 11.3. The third-order valence-electron chi connectivity index (χ3n) is 3.17. The summed E-state index contributed by atoms with van der Waals surface area (Å²) in [6, 6.07) is 13.7. The van der Waals surface area contributed by atoms with E-state index >= 15 is 0 Å². The van der Waals surface area contributed by atoms with Gasteiger partial charge in [0.2, 0.25) is 5.91 Å². The maximum absolute atomic E-state index is 13.2. The SMILES string of the molecule is C[C@H](NCc1cccc(C(N)=O)c1)c1cccc(F)c1. The number of benzene rings is 2. The average Bonchev–Trinajstić information content (AvgIpc) is 2.45. The monoisotopic (exact) mass is 272 g/mol. The molecule has 20 heavy (non-hydrogen) atoms. The van der Waals surface area contributed by atoms with E-state index in [2.05, 4.69) is 5.32 Å². The van der Waals surface area contributed by atoms with Crippen LogP contribution in [0.15, 0.2) is 48.5 Å². The average molecular weight is 272 g/mol. The predicted octanol–water partition coefficient (Wildman–Crippen LogP) is 2.78. The van der Waals surface area contributed by atoms with Gasteiger partial charge in [-0.05, 0) is 42.3 Å². The number of halogens is 1. The van der Waals surface area contributed by atoms with Gasteiger partial charge in [-0.15, -0.1) is 0 Å². The highest BCUT2D eigenvalue weighted by molar-refractivity contribution is 5.92. The molecule has 0 aliphatic rings. The van der Waals surface area contributed by atoms with Crippen molar-refractivity contribution in [1.82, 2.24) is 5.32 Å². The van der Waals surface area contributed by atoms with Crippen molar-refractivity contribution in [2.24, 2.45) is 5.73 Å². The van der Waals surface area contributed by atoms with Gasteiger partial charge < -0.3 is 11.1 Å². The van der Waals surface area contributed by atoms with E-state index in [0.29, 0.717) is 12.1 Å². The minimum Gasteiger partial charge on any atom is -0.366 e. The summed E-state index contributed by atoms with van der Waals surface area (Å²) in [4.78, 5) is 11.1. The molecule has 1 amide bonds. The molecule has 0 bridgehead atoms. The summed E-state index contributed by atoms with van der Waals surface area (Å²) >= 11 is 0. The molecule has 2 rings (SSSR count). The quantitative estimate of drug-likeness (QED) is 0.879. The first-order chi connectivity index (χ1) is 9.56. The van der Waals surface area contributed by atoms with Crippen LogP contribution >= 0.6 is 0 Å². The first-order valence-electron chi connectivity index (χ1n) is 6.44. The van der Waals surface area contributed by atoms with Crippen LogP contribution in [-0.4, -0.2) is 5.91 Å². The summed E-state index contributed by atoms with van der Waals surface area (Å²) in [7, 11) is 0. The molecule has 0 unspecified atom stereocenters. The second-order valence-corrected chi connectivity index (χ2v) is 4.72. The van der Waals surface area contributed by atoms with E-state index in [4.69, 9.17) is 5.73 Å². The largest absolute Gasteiger partial charge is 0.366 e. The highest BCUT2D eigenvalue weighted by Gasteiger charge is 2.06. The number of rotatable bonds is 5. The second-order valence-electron chi connectivity index (χ2n) is 4.72. The summed E-state index contributed by atoms with van der Waals surface area (Å²) in [6.07, 6.45) is 0. The van der Waals surface area contributed by atoms with Gasteiger partial charge in [0, 0.05) is 18.2 Å². The third-order valence-corrected chi connectivity index (χ3v) is 3.17. The van der Waals surface area contributed by atoms with Gasteiger partial charge in [0.1, 0.15) is 5.82 Å². The smallest absolute Gasteiger partial charge is 0.248 e. The van der Waals surface area contributed by atoms with E-state index in [9.17, 15) is 9.18 Å². The van der Waals surface area contributed by atoms with Crippen LogP contribution in [0.3, 0.4) is 0 Å². The lowest BCUT2D eigenvalue weighted by atomic mass is 10.1. The Morgan fingerprint density at radius 1 is 1.25 bits per heavy atom. The number of hydrogen-bond donors (Lipinski definition) is 2. The van der Waals surface area contributed by atoms with Gasteiger partial charge in [-0.25, -0.2) is 4.39 Å². The fourth-order valence-electron chi connectivity index (χ4n) is 2.00. The number of hydrogen-bond acceptors (Lipinski definition) is 2. The molecule has 1 atom stereocenters. The van der Waals surface area contributed by atoms with Gasteiger partial charge in [0.15, 0.2) is 0 Å². The molecule has 0 saturated heterocycles. The molecule has 3 nitrogen and oxygen atoms in total. The van der Waals surface area contributed by atoms with Crippen LogP contribution in [0.1, 0.15) is 34.5 Å². The molecule has 0 fully saturated rings. The van der Waals surface area contributed by atoms with Crippen molar-refractivity contribution >= 4 is 5.91 Å². The van der Waals surface area contributed by atoms with Gasteiger partial charge in [0.05, 0.1) is 0 Å². The van der Waals surface area contributed by atoms with Crippen molar-refractivity contribution in [2.75, 3.05) is 0 Å². The lowest BCUT2D eigenvalue weighted by Crippen LogP contribution is -2.19. The van der Waals surface area contributed by atoms with Gasteiger partial charge in [-0.3, -0.25) is 4.79 Å². The zero-order valence-corrected chi connectivity index (χ0v) is 11.3. The van der Waals surface area contributed by atoms with E-state index < -0.39 is 5.91 Å². The first kappa shape index (κ1) is 14.2. The normalized spacial score (nSPS) is 12.1. The van der Waals surface area contributed by atoms with Crippen molar-refractivity contribution in [2.45, 2.75) is 19.5 Å². The molecule has 104 valence electrons. The molecule has 0 heterocycles. The Morgan fingerprint density at radius 2 is 2.00 bits per heavy atom. The maximum atomic E-state index is 13.2. The van der Waals surface area contributed by atoms with Crippen LogP contribution in [-0.2, 0) is 6.54 Å². The molecule has 4 heteroatoms. The third kappa shape index (κ3) is 3.65. The predicted molar refractivity (Wildman–Crippen MR) is 76.6 cm³/mol. The molecule has 3 N–H and O–H groups in total. The minimum atomic E-state index is -0.440. The molecule has 0 saturated carbocycles. The van der Waals surface area contributed by atoms with E-state index in [0.717, 1.165) is 11.1 Å². The topological polar surface area (TPSA) is 55.1 Å². The zero-order chi connectivity index (χ0) is 14.5. The lowest BCUT2D eigenvalue weighted by molar-refractivity contribution is 0.1000. The fraction of sp³-hybridized carbons (Fsp3) is 0.188. The van der Waals surface area contributed by atoms with Crippen molar-refractivity contribution in [3.05, 3.63) is 71.0 Å². The molecular weight excluding hydrogens is 255 g/mol. The Hall–Kier alpha value is -2.20. The number of carbonyl (C=O) groups is 1. The summed E-state index contributed by atoms with van der Waals surface area (Å²) in [5, 5.41) is 3.29. The van der Waals surface area contributed by atoms with Gasteiger partial charge in [-0.1, -0.05) is 24.3 Å². The molecule has 0 aliphatic heterocycles. The van der Waals surface area contributed by atoms with E-state index in [1.807, 2.05) is 19.1 Å². The van der Waals surface area contributed by atoms with Crippen LogP contribution in [0.2, 0.25) is 0 Å². The summed E-state index contributed by atoms with van der Waals surface area (Å²) < 4.78 is 13.2. The molecule has 0 spiro atoms. The Morgan fingerprint density at radius 3 is 2.70 bits per heavy atom. The Balaban J connectivity index is 2.01. The fourth-order valence-corrected chi connectivity index (χ4v) is 2.00. The molecule has 0 aromatic heterocycles. The van der Waals surface area contributed by atoms with E-state index in [-0.39, 0.29) is 11.9 Å². The van der Waals surface area contributed by atoms with Crippen LogP contribution in [0.25, 0.3) is 0 Å². The molecule has 0 radical (unpaired) electrons. The second kappa shape index (κ2) is 6.30. The van der Waals surface area contributed by atoms with Crippen molar-refractivity contribution in [1.29, 1.82) is 0 Å². The highest BCUT2D eigenvalue weighted by Crippen LogP contribution is 2.14. The molecular formula is C16H17FN2O. The number of primary amides is 1. The Kier molecular flexibility index (Phi) is 4.48. The van der Waals surface area contributed by atoms with Crippen LogP contribution in [0.5, 0.6) is 0 Å². The molecule has 2 aromatic carbocycles. The van der Waals surface area contributed by atoms with Crippen molar-refractivity contribution in [3.63, 3.8) is 0 Å². The van der Waals surface area contributed by atoms with Gasteiger partial charge in [-0.2, -0.15) is 0 Å². The lowest BCUT2D eigenvalue weighted by Gasteiger charge is -2.14. The van der Waals surface area contributed by atoms with Crippen LogP contribution < -0.4 is 11.1 Å². The Labute approximate surface area is 117 Å². The summed E-state index contributed by atoms with van der Waals surface area (Å²) in [5.74, 6) is -0.683. The van der Waals surface area contributed by atoms with Gasteiger partial charge >= 0.3 is 0 Å². The molecule has 0 aliphatic carbocycles. The van der Waals surface area contributed by atoms with Crippen LogP contribution in [0, 0.1) is 5.82 Å². The first-order valence-corrected chi connectivity index (χ1v) is 6.44. The highest BCUT2D eigenvalue weighted by atomic mass is 19.1. The summed E-state index contributed by atoms with van der Waals surface area (Å²) in [5.41, 5.74) is 7.58. The van der Waals surface area contributed by atoms with Crippen LogP contribution in [0.4, 0.5) is 4.39 Å². The van der Waals surface area contributed by atoms with Crippen molar-refractivity contribution in [3.8, 4) is 0 Å². The number of carbonyl (C=O) groups excluding carboxylic acids is 1. The maximum Gasteiger partial charge on any atom is 0.248 e. The van der Waals surface area contributed by atoms with E-state index in [1.165, 1.54) is 12.1 Å². The standard InChI is InChI=1S/C16H17FN2O/c1-11(13-5-3-7-15(17)9-13)19-10-12-4-2-6-14(8-12)16(18)20/h2-9,11,19H,10H2,1H3,(H2,18,20)/t11-/m0/s1. The molecule has 2 aromatic rings. The number of nitrogens with two attached hydrogens (primary N) is 1. The van der Waals surface area contributed by atoms with E-state index in [1.54, 1.807) is 24.3 Å².